The van der Waals surface area contributed by atoms with Gasteiger partial charge in [-0.15, -0.1) is 11.3 Å². The van der Waals surface area contributed by atoms with Gasteiger partial charge in [-0.25, -0.2) is 4.98 Å². The average Bonchev–Trinajstić information content (AvgIpc) is 3.06. The minimum Gasteiger partial charge on any atom is -0.480 e. The largest absolute Gasteiger partial charge is 0.480 e. The molecule has 0 aromatic carbocycles. The molecule has 0 aliphatic carbocycles. The van der Waals surface area contributed by atoms with Crippen LogP contribution in [0.4, 0.5) is 5.13 Å². The maximum atomic E-state index is 10.9. The zero-order valence-electron chi connectivity index (χ0n) is 12.0. The molecule has 7 heteroatoms. The number of anilines is 1. The highest BCUT2D eigenvalue weighted by Crippen LogP contribution is 2.25. The number of nitrogens with two attached hydrogens (primary N) is 1. The van der Waals surface area contributed by atoms with Crippen LogP contribution < -0.4 is 10.6 Å². The molecule has 0 bridgehead atoms. The number of nitrogens with zero attached hydrogens (tertiary/aromatic N) is 3. The summed E-state index contributed by atoms with van der Waals surface area (Å²) in [6.45, 7) is 5.35. The summed E-state index contributed by atoms with van der Waals surface area (Å²) in [6, 6.07) is -0.475. The fraction of sp³-hybridized carbons (Fsp3) is 0.692. The molecule has 0 saturated carbocycles. The van der Waals surface area contributed by atoms with E-state index >= 15 is 0 Å². The van der Waals surface area contributed by atoms with Crippen molar-refractivity contribution in [1.82, 2.24) is 9.88 Å². The summed E-state index contributed by atoms with van der Waals surface area (Å²) in [4.78, 5) is 19.8. The van der Waals surface area contributed by atoms with E-state index in [2.05, 4.69) is 21.7 Å². The lowest BCUT2D eigenvalue weighted by molar-refractivity contribution is -0.138. The first-order chi connectivity index (χ1) is 9.52. The average molecular weight is 298 g/mol. The first kappa shape index (κ1) is 15.2. The normalized spacial score (nSPS) is 21.1. The Labute approximate surface area is 123 Å². The van der Waals surface area contributed by atoms with E-state index in [9.17, 15) is 4.79 Å². The highest BCUT2D eigenvalue weighted by Gasteiger charge is 2.25. The lowest BCUT2D eigenvalue weighted by Gasteiger charge is -2.27. The Balaban J connectivity index is 1.99. The Kier molecular flexibility index (Phi) is 4.95. The Morgan fingerprint density at radius 3 is 3.15 bits per heavy atom. The summed E-state index contributed by atoms with van der Waals surface area (Å²) in [5.74, 6) is -1.04. The van der Waals surface area contributed by atoms with Crippen molar-refractivity contribution in [2.75, 3.05) is 31.6 Å². The third kappa shape index (κ3) is 3.28. The number of carboxylic acid groups (broad SMARTS) is 1. The number of carboxylic acids is 1. The molecule has 1 aliphatic heterocycles. The lowest BCUT2D eigenvalue weighted by Crippen LogP contribution is -2.38. The van der Waals surface area contributed by atoms with Gasteiger partial charge in [0.05, 0.1) is 5.69 Å². The third-order valence-corrected chi connectivity index (χ3v) is 4.78. The summed E-state index contributed by atoms with van der Waals surface area (Å²) in [5, 5.41) is 11.5. The molecule has 2 rings (SSSR count). The number of aliphatic carboxylic acids is 1. The number of thiazole rings is 1. The molecule has 112 valence electrons. The molecule has 1 fully saturated rings. The number of hydrogen-bond acceptors (Lipinski definition) is 6. The van der Waals surface area contributed by atoms with Crippen molar-refractivity contribution in [3.63, 3.8) is 0 Å². The topological polar surface area (TPSA) is 82.7 Å². The van der Waals surface area contributed by atoms with E-state index in [1.54, 1.807) is 5.38 Å². The molecule has 0 amide bonds. The second kappa shape index (κ2) is 6.51. The first-order valence-electron chi connectivity index (χ1n) is 6.92. The number of aromatic nitrogens is 1. The summed E-state index contributed by atoms with van der Waals surface area (Å²) in [7, 11) is 2.00. The van der Waals surface area contributed by atoms with E-state index in [1.165, 1.54) is 30.7 Å². The molecular formula is C13H22N4O2S. The molecule has 1 saturated heterocycles. The number of likely N-dealkylation sites (tertiary alicyclic amines) is 1. The maximum Gasteiger partial charge on any atom is 0.326 e. The molecule has 2 unspecified atom stereocenters. The van der Waals surface area contributed by atoms with Crippen molar-refractivity contribution in [2.24, 2.45) is 5.73 Å². The molecule has 1 aromatic heterocycles. The van der Waals surface area contributed by atoms with Crippen molar-refractivity contribution in [3.8, 4) is 0 Å². The van der Waals surface area contributed by atoms with Gasteiger partial charge in [0, 0.05) is 25.0 Å². The molecule has 20 heavy (non-hydrogen) atoms. The minimum atomic E-state index is -1.04. The maximum absolute atomic E-state index is 10.9. The fourth-order valence-electron chi connectivity index (χ4n) is 2.63. The highest BCUT2D eigenvalue weighted by atomic mass is 32.1. The monoisotopic (exact) mass is 298 g/mol. The first-order valence-corrected chi connectivity index (χ1v) is 7.80. The van der Waals surface area contributed by atoms with Crippen molar-refractivity contribution in [2.45, 2.75) is 31.8 Å². The quantitative estimate of drug-likeness (QED) is 0.820. The second-order valence-electron chi connectivity index (χ2n) is 5.18. The number of hydrogen-bond donors (Lipinski definition) is 2. The van der Waals surface area contributed by atoms with E-state index in [1.807, 2.05) is 7.05 Å². The van der Waals surface area contributed by atoms with Crippen LogP contribution in [0.25, 0.3) is 0 Å². The molecule has 1 aliphatic rings. The summed E-state index contributed by atoms with van der Waals surface area (Å²) in [5.41, 5.74) is 6.01. The van der Waals surface area contributed by atoms with Gasteiger partial charge in [-0.05, 0) is 25.9 Å². The molecule has 2 heterocycles. The summed E-state index contributed by atoms with van der Waals surface area (Å²) < 4.78 is 0. The van der Waals surface area contributed by atoms with Crippen LogP contribution in [0.3, 0.4) is 0 Å². The van der Waals surface area contributed by atoms with Gasteiger partial charge in [0.2, 0.25) is 0 Å². The lowest BCUT2D eigenvalue weighted by atomic mass is 10.2. The van der Waals surface area contributed by atoms with E-state index < -0.39 is 12.0 Å². The molecule has 0 radical (unpaired) electrons. The Hall–Kier alpha value is -1.18. The van der Waals surface area contributed by atoms with Gasteiger partial charge in [0.25, 0.3) is 0 Å². The van der Waals surface area contributed by atoms with Crippen LogP contribution in [0.1, 0.15) is 31.5 Å². The zero-order valence-corrected chi connectivity index (χ0v) is 12.8. The van der Waals surface area contributed by atoms with Crippen LogP contribution in [0.2, 0.25) is 0 Å². The second-order valence-corrected chi connectivity index (χ2v) is 6.01. The van der Waals surface area contributed by atoms with Crippen LogP contribution in [0.5, 0.6) is 0 Å². The predicted molar refractivity (Wildman–Crippen MR) is 80.2 cm³/mol. The number of rotatable bonds is 6. The summed E-state index contributed by atoms with van der Waals surface area (Å²) >= 11 is 1.45. The van der Waals surface area contributed by atoms with Crippen molar-refractivity contribution >= 4 is 22.4 Å². The van der Waals surface area contributed by atoms with Crippen LogP contribution in [-0.2, 0) is 4.79 Å². The van der Waals surface area contributed by atoms with E-state index in [4.69, 9.17) is 10.8 Å². The zero-order chi connectivity index (χ0) is 14.7. The van der Waals surface area contributed by atoms with Gasteiger partial charge in [-0.2, -0.15) is 0 Å². The van der Waals surface area contributed by atoms with Gasteiger partial charge in [-0.3, -0.25) is 9.69 Å². The van der Waals surface area contributed by atoms with E-state index in [0.29, 0.717) is 11.7 Å². The smallest absolute Gasteiger partial charge is 0.326 e. The SMILES string of the molecule is CCN1CCCC1CN(C)c1nc(C(N)C(=O)O)cs1. The van der Waals surface area contributed by atoms with Crippen LogP contribution in [-0.4, -0.2) is 53.7 Å². The van der Waals surface area contributed by atoms with Gasteiger partial charge in [0.1, 0.15) is 6.04 Å². The third-order valence-electron chi connectivity index (χ3n) is 3.81. The highest BCUT2D eigenvalue weighted by molar-refractivity contribution is 7.13. The standard InChI is InChI=1S/C13H22N4O2S/c1-3-17-6-4-5-9(17)7-16(2)13-15-10(8-20-13)11(14)12(18)19/h8-9,11H,3-7,14H2,1-2H3,(H,18,19). The van der Waals surface area contributed by atoms with E-state index in [-0.39, 0.29) is 0 Å². The van der Waals surface area contributed by atoms with Crippen molar-refractivity contribution in [1.29, 1.82) is 0 Å². The minimum absolute atomic E-state index is 0.433. The van der Waals surface area contributed by atoms with Gasteiger partial charge in [-0.1, -0.05) is 6.92 Å². The molecule has 3 N–H and O–H groups in total. The van der Waals surface area contributed by atoms with Crippen molar-refractivity contribution < 1.29 is 9.90 Å². The van der Waals surface area contributed by atoms with Crippen LogP contribution in [0.15, 0.2) is 5.38 Å². The predicted octanol–water partition coefficient (Wildman–Crippen LogP) is 1.15. The number of likely N-dealkylation sites (N-methyl/N-ethyl adjacent to an activating group) is 2. The van der Waals surface area contributed by atoms with Gasteiger partial charge < -0.3 is 15.7 Å². The Morgan fingerprint density at radius 1 is 1.75 bits per heavy atom. The Bertz CT molecular complexity index is 465. The molecule has 2 atom stereocenters. The summed E-state index contributed by atoms with van der Waals surface area (Å²) in [6.07, 6.45) is 2.46. The molecule has 1 aromatic rings. The van der Waals surface area contributed by atoms with Crippen LogP contribution >= 0.6 is 11.3 Å². The number of carbonyl (C=O) groups is 1. The van der Waals surface area contributed by atoms with Crippen LogP contribution in [0, 0.1) is 0 Å². The van der Waals surface area contributed by atoms with Gasteiger partial charge >= 0.3 is 5.97 Å². The Morgan fingerprint density at radius 2 is 2.50 bits per heavy atom. The van der Waals surface area contributed by atoms with Gasteiger partial charge in [0.15, 0.2) is 5.13 Å². The molecule has 6 nitrogen and oxygen atoms in total. The van der Waals surface area contributed by atoms with E-state index in [0.717, 1.165) is 18.2 Å². The fourth-order valence-corrected chi connectivity index (χ4v) is 3.47. The molecular weight excluding hydrogens is 276 g/mol. The molecule has 0 spiro atoms. The van der Waals surface area contributed by atoms with Crippen molar-refractivity contribution in [3.05, 3.63) is 11.1 Å².